The van der Waals surface area contributed by atoms with Crippen LogP contribution < -0.4 is 5.73 Å². The zero-order valence-corrected chi connectivity index (χ0v) is 11.3. The molecule has 2 heterocycles. The van der Waals surface area contributed by atoms with Gasteiger partial charge in [0.05, 0.1) is 6.54 Å². The van der Waals surface area contributed by atoms with E-state index in [1.807, 2.05) is 6.92 Å². The SMILES string of the molecule is CCc1nc(CN2CCC(C)(CN)C2)no1.Cl. The molecule has 5 nitrogen and oxygen atoms in total. The summed E-state index contributed by atoms with van der Waals surface area (Å²) in [5.41, 5.74) is 6.03. The normalized spacial score (nSPS) is 24.9. The second-order valence-corrected chi connectivity index (χ2v) is 4.93. The van der Waals surface area contributed by atoms with E-state index in [1.54, 1.807) is 0 Å². The van der Waals surface area contributed by atoms with E-state index < -0.39 is 0 Å². The summed E-state index contributed by atoms with van der Waals surface area (Å²) in [7, 11) is 0. The molecule has 0 aromatic carbocycles. The van der Waals surface area contributed by atoms with Crippen LogP contribution in [0.15, 0.2) is 4.52 Å². The van der Waals surface area contributed by atoms with Crippen molar-refractivity contribution >= 4 is 12.4 Å². The van der Waals surface area contributed by atoms with Gasteiger partial charge in [0.25, 0.3) is 0 Å². The Hall–Kier alpha value is -0.650. The first kappa shape index (κ1) is 14.4. The van der Waals surface area contributed by atoms with Crippen LogP contribution in [0.3, 0.4) is 0 Å². The first-order valence-electron chi connectivity index (χ1n) is 5.89. The fraction of sp³-hybridized carbons (Fsp3) is 0.818. The summed E-state index contributed by atoms with van der Waals surface area (Å²) >= 11 is 0. The van der Waals surface area contributed by atoms with Crippen molar-refractivity contribution in [2.45, 2.75) is 33.2 Å². The topological polar surface area (TPSA) is 68.2 Å². The number of nitrogens with two attached hydrogens (primary N) is 1. The first-order valence-corrected chi connectivity index (χ1v) is 5.89. The summed E-state index contributed by atoms with van der Waals surface area (Å²) in [6, 6.07) is 0. The molecule has 0 aliphatic carbocycles. The molecule has 2 N–H and O–H groups in total. The third-order valence-corrected chi connectivity index (χ3v) is 3.31. The molecule has 6 heteroatoms. The van der Waals surface area contributed by atoms with Gasteiger partial charge in [0.15, 0.2) is 5.82 Å². The molecule has 0 bridgehead atoms. The predicted molar refractivity (Wildman–Crippen MR) is 68.0 cm³/mol. The summed E-state index contributed by atoms with van der Waals surface area (Å²) in [6.45, 7) is 7.87. The van der Waals surface area contributed by atoms with Crippen molar-refractivity contribution in [3.63, 3.8) is 0 Å². The van der Waals surface area contributed by atoms with Gasteiger partial charge in [-0.1, -0.05) is 19.0 Å². The highest BCUT2D eigenvalue weighted by atomic mass is 35.5. The van der Waals surface area contributed by atoms with Gasteiger partial charge in [-0.3, -0.25) is 4.90 Å². The lowest BCUT2D eigenvalue weighted by atomic mass is 9.90. The Balaban J connectivity index is 0.00000144. The summed E-state index contributed by atoms with van der Waals surface area (Å²) in [4.78, 5) is 6.66. The predicted octanol–water partition coefficient (Wildman–Crippen LogP) is 1.22. The quantitative estimate of drug-likeness (QED) is 0.882. The number of halogens is 1. The summed E-state index contributed by atoms with van der Waals surface area (Å²) in [5, 5.41) is 3.97. The van der Waals surface area contributed by atoms with Gasteiger partial charge in [0.1, 0.15) is 0 Å². The minimum atomic E-state index is 0. The standard InChI is InChI=1S/C11H20N4O.ClH/c1-3-10-13-9(14-16-10)6-15-5-4-11(2,7-12)8-15;/h3-8,12H2,1-2H3;1H. The Morgan fingerprint density at radius 2 is 2.29 bits per heavy atom. The highest BCUT2D eigenvalue weighted by Gasteiger charge is 2.32. The molecule has 1 aliphatic heterocycles. The summed E-state index contributed by atoms with van der Waals surface area (Å²) in [5.74, 6) is 1.51. The van der Waals surface area contributed by atoms with Crippen LogP contribution >= 0.6 is 12.4 Å². The number of likely N-dealkylation sites (tertiary alicyclic amines) is 1. The Kier molecular flexibility index (Phi) is 4.91. The zero-order chi connectivity index (χ0) is 11.6. The molecule has 1 unspecified atom stereocenters. The molecule has 0 saturated carbocycles. The van der Waals surface area contributed by atoms with Crippen molar-refractivity contribution in [1.29, 1.82) is 0 Å². The number of aromatic nitrogens is 2. The molecular weight excluding hydrogens is 240 g/mol. The molecule has 98 valence electrons. The van der Waals surface area contributed by atoms with Crippen LogP contribution in [0.5, 0.6) is 0 Å². The second-order valence-electron chi connectivity index (χ2n) is 4.93. The monoisotopic (exact) mass is 260 g/mol. The Labute approximate surface area is 108 Å². The highest BCUT2D eigenvalue weighted by molar-refractivity contribution is 5.85. The van der Waals surface area contributed by atoms with Crippen LogP contribution in [0.2, 0.25) is 0 Å². The van der Waals surface area contributed by atoms with Crippen molar-refractivity contribution in [2.75, 3.05) is 19.6 Å². The van der Waals surface area contributed by atoms with Crippen LogP contribution in [-0.2, 0) is 13.0 Å². The largest absolute Gasteiger partial charge is 0.339 e. The molecule has 1 atom stereocenters. The minimum Gasteiger partial charge on any atom is -0.339 e. The molecule has 1 fully saturated rings. The van der Waals surface area contributed by atoms with E-state index in [9.17, 15) is 0 Å². The maximum Gasteiger partial charge on any atom is 0.226 e. The van der Waals surface area contributed by atoms with Gasteiger partial charge in [-0.15, -0.1) is 12.4 Å². The fourth-order valence-corrected chi connectivity index (χ4v) is 2.13. The highest BCUT2D eigenvalue weighted by Crippen LogP contribution is 2.29. The van der Waals surface area contributed by atoms with Gasteiger partial charge in [-0.25, -0.2) is 0 Å². The van der Waals surface area contributed by atoms with Gasteiger partial charge < -0.3 is 10.3 Å². The molecule has 0 amide bonds. The molecule has 1 saturated heterocycles. The molecule has 1 aliphatic rings. The Morgan fingerprint density at radius 1 is 1.53 bits per heavy atom. The van der Waals surface area contributed by atoms with Gasteiger partial charge in [0, 0.05) is 13.0 Å². The lowest BCUT2D eigenvalue weighted by Crippen LogP contribution is -2.31. The maximum atomic E-state index is 5.77. The number of aryl methyl sites for hydroxylation is 1. The smallest absolute Gasteiger partial charge is 0.226 e. The van der Waals surface area contributed by atoms with E-state index in [1.165, 1.54) is 0 Å². The lowest BCUT2D eigenvalue weighted by Gasteiger charge is -2.21. The Bertz CT molecular complexity index is 357. The van der Waals surface area contributed by atoms with Crippen molar-refractivity contribution in [3.05, 3.63) is 11.7 Å². The van der Waals surface area contributed by atoms with E-state index in [4.69, 9.17) is 10.3 Å². The number of hydrogen-bond donors (Lipinski definition) is 1. The maximum absolute atomic E-state index is 5.77. The molecular formula is C11H21ClN4O. The number of rotatable bonds is 4. The van der Waals surface area contributed by atoms with Gasteiger partial charge in [-0.05, 0) is 24.9 Å². The number of hydrogen-bond acceptors (Lipinski definition) is 5. The van der Waals surface area contributed by atoms with E-state index >= 15 is 0 Å². The van der Waals surface area contributed by atoms with Crippen LogP contribution in [-0.4, -0.2) is 34.7 Å². The van der Waals surface area contributed by atoms with Gasteiger partial charge in [0.2, 0.25) is 5.89 Å². The minimum absolute atomic E-state index is 0. The fourth-order valence-electron chi connectivity index (χ4n) is 2.13. The van der Waals surface area contributed by atoms with Crippen molar-refractivity contribution < 1.29 is 4.52 Å². The molecule has 2 rings (SSSR count). The lowest BCUT2D eigenvalue weighted by molar-refractivity contribution is 0.264. The molecule has 0 spiro atoms. The van der Waals surface area contributed by atoms with E-state index in [0.29, 0.717) is 0 Å². The van der Waals surface area contributed by atoms with Crippen LogP contribution in [0.4, 0.5) is 0 Å². The molecule has 1 aromatic heterocycles. The third kappa shape index (κ3) is 3.40. The average Bonchev–Trinajstić information content (AvgIpc) is 2.87. The van der Waals surface area contributed by atoms with Crippen LogP contribution in [0, 0.1) is 5.41 Å². The Morgan fingerprint density at radius 3 is 2.82 bits per heavy atom. The zero-order valence-electron chi connectivity index (χ0n) is 10.5. The molecule has 1 aromatic rings. The molecule has 17 heavy (non-hydrogen) atoms. The van der Waals surface area contributed by atoms with Crippen LogP contribution in [0.25, 0.3) is 0 Å². The summed E-state index contributed by atoms with van der Waals surface area (Å²) in [6.07, 6.45) is 1.95. The first-order chi connectivity index (χ1) is 7.65. The van der Waals surface area contributed by atoms with E-state index in [0.717, 1.165) is 50.7 Å². The van der Waals surface area contributed by atoms with E-state index in [2.05, 4.69) is 22.0 Å². The van der Waals surface area contributed by atoms with Crippen molar-refractivity contribution in [2.24, 2.45) is 11.1 Å². The summed E-state index contributed by atoms with van der Waals surface area (Å²) < 4.78 is 5.09. The third-order valence-electron chi connectivity index (χ3n) is 3.31. The van der Waals surface area contributed by atoms with Crippen molar-refractivity contribution in [3.8, 4) is 0 Å². The average molecular weight is 261 g/mol. The number of nitrogens with zero attached hydrogens (tertiary/aromatic N) is 3. The van der Waals surface area contributed by atoms with Gasteiger partial charge >= 0.3 is 0 Å². The van der Waals surface area contributed by atoms with Crippen molar-refractivity contribution in [1.82, 2.24) is 15.0 Å². The van der Waals surface area contributed by atoms with Crippen LogP contribution in [0.1, 0.15) is 32.0 Å². The van der Waals surface area contributed by atoms with Gasteiger partial charge in [-0.2, -0.15) is 4.98 Å². The second kappa shape index (κ2) is 5.80. The molecule has 0 radical (unpaired) electrons. The van der Waals surface area contributed by atoms with E-state index in [-0.39, 0.29) is 17.8 Å².